The molecule has 0 bridgehead atoms. The Morgan fingerprint density at radius 1 is 1.33 bits per heavy atom. The van der Waals surface area contributed by atoms with Crippen LogP contribution < -0.4 is 11.1 Å². The molecular weight excluding hydrogens is 272 g/mol. The van der Waals surface area contributed by atoms with Crippen LogP contribution in [0.3, 0.4) is 0 Å². The molecule has 1 aromatic heterocycles. The third kappa shape index (κ3) is 3.19. The third-order valence-electron chi connectivity index (χ3n) is 2.68. The third-order valence-corrected chi connectivity index (χ3v) is 2.68. The number of rotatable bonds is 4. The normalized spacial score (nSPS) is 10.6. The fourth-order valence-corrected chi connectivity index (χ4v) is 1.79. The maximum atomic E-state index is 11.3. The number of phenols is 1. The zero-order valence-electron chi connectivity index (χ0n) is 11.7. The number of hydrogen-bond acceptors (Lipinski definition) is 6. The van der Waals surface area contributed by atoms with E-state index in [4.69, 9.17) is 5.73 Å². The number of anilines is 2. The van der Waals surface area contributed by atoms with Gasteiger partial charge in [0.05, 0.1) is 0 Å². The standard InChI is InChI=1S/C14H16N4O3/c1-7(2)16-13-10(15)11(14(20)21)17-12(18-13)8-4-3-5-9(19)6-8/h3-7,19H,15H2,1-2H3,(H,20,21)(H,16,17,18). The number of hydrogen-bond donors (Lipinski definition) is 4. The molecule has 0 saturated carbocycles. The number of aromatic carboxylic acids is 1. The Morgan fingerprint density at radius 2 is 2.05 bits per heavy atom. The van der Waals surface area contributed by atoms with Crippen molar-refractivity contribution in [3.8, 4) is 17.1 Å². The van der Waals surface area contributed by atoms with E-state index in [9.17, 15) is 15.0 Å². The smallest absolute Gasteiger partial charge is 0.356 e. The number of nitrogens with zero attached hydrogens (tertiary/aromatic N) is 2. The number of benzene rings is 1. The summed E-state index contributed by atoms with van der Waals surface area (Å²) in [5, 5.41) is 21.7. The Morgan fingerprint density at radius 3 is 2.62 bits per heavy atom. The van der Waals surface area contributed by atoms with Gasteiger partial charge in [-0.2, -0.15) is 0 Å². The summed E-state index contributed by atoms with van der Waals surface area (Å²) in [5.74, 6) is -0.748. The monoisotopic (exact) mass is 288 g/mol. The van der Waals surface area contributed by atoms with Crippen molar-refractivity contribution in [2.45, 2.75) is 19.9 Å². The van der Waals surface area contributed by atoms with Crippen molar-refractivity contribution in [1.29, 1.82) is 0 Å². The first kappa shape index (κ1) is 14.6. The number of nitrogens with two attached hydrogens (primary N) is 1. The van der Waals surface area contributed by atoms with Crippen molar-refractivity contribution < 1.29 is 15.0 Å². The summed E-state index contributed by atoms with van der Waals surface area (Å²) in [5.41, 5.74) is 6.01. The van der Waals surface area contributed by atoms with E-state index in [0.717, 1.165) is 0 Å². The molecule has 0 amide bonds. The Hall–Kier alpha value is -2.83. The Labute approximate surface area is 121 Å². The summed E-state index contributed by atoms with van der Waals surface area (Å²) in [6, 6.07) is 6.29. The highest BCUT2D eigenvalue weighted by atomic mass is 16.4. The maximum absolute atomic E-state index is 11.3. The molecule has 0 saturated heterocycles. The molecule has 2 aromatic rings. The first-order chi connectivity index (χ1) is 9.88. The molecule has 5 N–H and O–H groups in total. The number of phenolic OH excluding ortho intramolecular Hbond substituents is 1. The van der Waals surface area contributed by atoms with Crippen LogP contribution >= 0.6 is 0 Å². The van der Waals surface area contributed by atoms with E-state index in [2.05, 4.69) is 15.3 Å². The average Bonchev–Trinajstić information content (AvgIpc) is 2.40. The SMILES string of the molecule is CC(C)Nc1nc(-c2cccc(O)c2)nc(C(=O)O)c1N. The molecule has 1 heterocycles. The lowest BCUT2D eigenvalue weighted by Crippen LogP contribution is -2.17. The number of carboxylic acid groups (broad SMARTS) is 1. The molecule has 21 heavy (non-hydrogen) atoms. The predicted molar refractivity (Wildman–Crippen MR) is 79.3 cm³/mol. The van der Waals surface area contributed by atoms with Gasteiger partial charge in [0.2, 0.25) is 0 Å². The fourth-order valence-electron chi connectivity index (χ4n) is 1.79. The van der Waals surface area contributed by atoms with Crippen LogP contribution in [0, 0.1) is 0 Å². The van der Waals surface area contributed by atoms with Gasteiger partial charge < -0.3 is 21.3 Å². The van der Waals surface area contributed by atoms with E-state index in [-0.39, 0.29) is 34.8 Å². The van der Waals surface area contributed by atoms with Crippen molar-refractivity contribution >= 4 is 17.5 Å². The second kappa shape index (κ2) is 5.66. The lowest BCUT2D eigenvalue weighted by Gasteiger charge is -2.14. The molecule has 1 aromatic carbocycles. The Balaban J connectivity index is 2.61. The average molecular weight is 288 g/mol. The highest BCUT2D eigenvalue weighted by Crippen LogP contribution is 2.26. The van der Waals surface area contributed by atoms with E-state index >= 15 is 0 Å². The largest absolute Gasteiger partial charge is 0.508 e. The topological polar surface area (TPSA) is 121 Å². The van der Waals surface area contributed by atoms with Crippen molar-refractivity contribution in [3.63, 3.8) is 0 Å². The molecule has 0 radical (unpaired) electrons. The summed E-state index contributed by atoms with van der Waals surface area (Å²) < 4.78 is 0. The van der Waals surface area contributed by atoms with Gasteiger partial charge >= 0.3 is 5.97 Å². The van der Waals surface area contributed by atoms with Crippen molar-refractivity contribution in [1.82, 2.24) is 9.97 Å². The summed E-state index contributed by atoms with van der Waals surface area (Å²) >= 11 is 0. The first-order valence-electron chi connectivity index (χ1n) is 6.35. The second-order valence-electron chi connectivity index (χ2n) is 4.81. The maximum Gasteiger partial charge on any atom is 0.356 e. The summed E-state index contributed by atoms with van der Waals surface area (Å²) in [6.45, 7) is 3.77. The van der Waals surface area contributed by atoms with Crippen LogP contribution in [0.15, 0.2) is 24.3 Å². The number of carboxylic acids is 1. The lowest BCUT2D eigenvalue weighted by molar-refractivity contribution is 0.0691. The van der Waals surface area contributed by atoms with Gasteiger partial charge in [-0.15, -0.1) is 0 Å². The summed E-state index contributed by atoms with van der Waals surface area (Å²) in [4.78, 5) is 19.5. The number of carbonyl (C=O) groups is 1. The Bertz CT molecular complexity index is 686. The van der Waals surface area contributed by atoms with Gasteiger partial charge in [-0.1, -0.05) is 12.1 Å². The van der Waals surface area contributed by atoms with E-state index in [1.54, 1.807) is 12.1 Å². The second-order valence-corrected chi connectivity index (χ2v) is 4.81. The summed E-state index contributed by atoms with van der Waals surface area (Å²) in [7, 11) is 0. The van der Waals surface area contributed by atoms with Crippen LogP contribution in [0.1, 0.15) is 24.3 Å². The predicted octanol–water partition coefficient (Wildman–Crippen LogP) is 1.95. The van der Waals surface area contributed by atoms with E-state index < -0.39 is 5.97 Å². The molecule has 0 aliphatic carbocycles. The quantitative estimate of drug-likeness (QED) is 0.678. The minimum Gasteiger partial charge on any atom is -0.508 e. The van der Waals surface area contributed by atoms with Crippen molar-refractivity contribution in [2.24, 2.45) is 0 Å². The van der Waals surface area contributed by atoms with Crippen LogP contribution in [-0.2, 0) is 0 Å². The van der Waals surface area contributed by atoms with Crippen LogP contribution in [-0.4, -0.2) is 32.2 Å². The van der Waals surface area contributed by atoms with Crippen LogP contribution in [0.25, 0.3) is 11.4 Å². The van der Waals surface area contributed by atoms with Crippen LogP contribution in [0.4, 0.5) is 11.5 Å². The van der Waals surface area contributed by atoms with Crippen molar-refractivity contribution in [2.75, 3.05) is 11.1 Å². The van der Waals surface area contributed by atoms with E-state index in [1.807, 2.05) is 13.8 Å². The zero-order chi connectivity index (χ0) is 15.6. The van der Waals surface area contributed by atoms with Gasteiger partial charge in [0.25, 0.3) is 0 Å². The molecular formula is C14H16N4O3. The van der Waals surface area contributed by atoms with Gasteiger partial charge in [-0.25, -0.2) is 14.8 Å². The van der Waals surface area contributed by atoms with E-state index in [1.165, 1.54) is 12.1 Å². The van der Waals surface area contributed by atoms with Crippen LogP contribution in [0.2, 0.25) is 0 Å². The van der Waals surface area contributed by atoms with Gasteiger partial charge in [-0.3, -0.25) is 0 Å². The van der Waals surface area contributed by atoms with Gasteiger partial charge in [-0.05, 0) is 26.0 Å². The van der Waals surface area contributed by atoms with Crippen LogP contribution in [0.5, 0.6) is 5.75 Å². The van der Waals surface area contributed by atoms with Gasteiger partial charge in [0, 0.05) is 11.6 Å². The molecule has 2 rings (SSSR count). The highest BCUT2D eigenvalue weighted by Gasteiger charge is 2.18. The molecule has 110 valence electrons. The highest BCUT2D eigenvalue weighted by molar-refractivity contribution is 5.95. The fraction of sp³-hybridized carbons (Fsp3) is 0.214. The number of nitrogens with one attached hydrogen (secondary N) is 1. The zero-order valence-corrected chi connectivity index (χ0v) is 11.7. The lowest BCUT2D eigenvalue weighted by atomic mass is 10.2. The Kier molecular flexibility index (Phi) is 3.93. The number of aromatic hydroxyl groups is 1. The number of aromatic nitrogens is 2. The molecule has 0 atom stereocenters. The number of nitrogen functional groups attached to an aromatic ring is 1. The molecule has 0 spiro atoms. The van der Waals surface area contributed by atoms with Gasteiger partial charge in [0.15, 0.2) is 17.3 Å². The minimum atomic E-state index is -1.23. The molecule has 7 heteroatoms. The molecule has 0 aliphatic rings. The van der Waals surface area contributed by atoms with E-state index in [0.29, 0.717) is 5.56 Å². The molecule has 7 nitrogen and oxygen atoms in total. The molecule has 0 unspecified atom stereocenters. The van der Waals surface area contributed by atoms with Gasteiger partial charge in [0.1, 0.15) is 11.4 Å². The molecule has 0 aliphatic heterocycles. The van der Waals surface area contributed by atoms with Crippen molar-refractivity contribution in [3.05, 3.63) is 30.0 Å². The minimum absolute atomic E-state index is 0.0138. The summed E-state index contributed by atoms with van der Waals surface area (Å²) in [6.07, 6.45) is 0. The first-order valence-corrected chi connectivity index (χ1v) is 6.35. The molecule has 0 fully saturated rings.